The van der Waals surface area contributed by atoms with E-state index in [0.29, 0.717) is 11.4 Å². The topological polar surface area (TPSA) is 0 Å². The van der Waals surface area contributed by atoms with E-state index in [9.17, 15) is 21.4 Å². The van der Waals surface area contributed by atoms with Gasteiger partial charge in [-0.15, -0.1) is 11.4 Å². The van der Waals surface area contributed by atoms with Gasteiger partial charge in [-0.1, -0.05) is 8.44 Å². The second kappa shape index (κ2) is 4.68. The van der Waals surface area contributed by atoms with E-state index in [1.807, 2.05) is 8.44 Å². The van der Waals surface area contributed by atoms with Gasteiger partial charge in [0.15, 0.2) is 23.3 Å². The molecular weight excluding hydrogens is 262 g/mol. The van der Waals surface area contributed by atoms with Gasteiger partial charge in [0.25, 0.3) is 0 Å². The van der Waals surface area contributed by atoms with Gasteiger partial charge in [-0.05, 0) is 0 Å². The standard InChI is InChI=1S/C6H2F5PS2/c7-1-2(8)4(10)6(14-12)5(13-11)3(1)9/h12H2. The van der Waals surface area contributed by atoms with Crippen molar-refractivity contribution in [3.63, 3.8) is 0 Å². The lowest BCUT2D eigenvalue weighted by atomic mass is 10.3. The van der Waals surface area contributed by atoms with E-state index in [-0.39, 0.29) is 0 Å². The predicted molar refractivity (Wildman–Crippen MR) is 48.8 cm³/mol. The molecule has 14 heavy (non-hydrogen) atoms. The molecule has 0 heterocycles. The van der Waals surface area contributed by atoms with Gasteiger partial charge < -0.3 is 0 Å². The van der Waals surface area contributed by atoms with Gasteiger partial charge in [0.1, 0.15) is 0 Å². The monoisotopic (exact) mass is 264 g/mol. The average molecular weight is 264 g/mol. The molecule has 1 aromatic carbocycles. The normalized spacial score (nSPS) is 10.7. The van der Waals surface area contributed by atoms with Crippen LogP contribution in [0.5, 0.6) is 0 Å². The van der Waals surface area contributed by atoms with Crippen LogP contribution in [0.25, 0.3) is 0 Å². The minimum Gasteiger partial charge on any atom is -0.202 e. The van der Waals surface area contributed by atoms with Gasteiger partial charge in [0.05, 0.1) is 21.9 Å². The summed E-state index contributed by atoms with van der Waals surface area (Å²) < 4.78 is 63.0. The van der Waals surface area contributed by atoms with Crippen LogP contribution in [0.1, 0.15) is 0 Å². The van der Waals surface area contributed by atoms with Gasteiger partial charge in [-0.3, -0.25) is 0 Å². The van der Waals surface area contributed by atoms with E-state index in [2.05, 4.69) is 0 Å². The fourth-order valence-electron chi connectivity index (χ4n) is 0.766. The third kappa shape index (κ3) is 1.85. The van der Waals surface area contributed by atoms with E-state index in [1.165, 1.54) is 0 Å². The molecular formula is C6H2F5PS2. The summed E-state index contributed by atoms with van der Waals surface area (Å²) in [6.45, 7) is 0. The van der Waals surface area contributed by atoms with Crippen molar-refractivity contribution in [2.75, 3.05) is 0 Å². The number of benzene rings is 1. The van der Waals surface area contributed by atoms with Gasteiger partial charge in [0, 0.05) is 0 Å². The largest absolute Gasteiger partial charge is 0.202 e. The molecule has 0 saturated carbocycles. The first-order valence-corrected chi connectivity index (χ1v) is 6.06. The fraction of sp³-hybridized carbons (Fsp3) is 0. The molecule has 78 valence electrons. The molecule has 0 aliphatic heterocycles. The summed E-state index contributed by atoms with van der Waals surface area (Å²) >= 11 is -0.154. The number of hydrogen-bond donors (Lipinski definition) is 0. The van der Waals surface area contributed by atoms with Crippen LogP contribution >= 0.6 is 32.0 Å². The Balaban J connectivity index is 3.57. The van der Waals surface area contributed by atoms with E-state index < -0.39 is 45.2 Å². The Labute approximate surface area is 86.9 Å². The first-order chi connectivity index (χ1) is 6.54. The van der Waals surface area contributed by atoms with Crippen molar-refractivity contribution in [1.29, 1.82) is 0 Å². The molecule has 0 bridgehead atoms. The highest BCUT2D eigenvalue weighted by Crippen LogP contribution is 2.40. The molecule has 1 aromatic rings. The van der Waals surface area contributed by atoms with Gasteiger partial charge in [0.2, 0.25) is 0 Å². The minimum atomic E-state index is -2.01. The molecule has 0 aromatic heterocycles. The Hall–Kier alpha value is -0.000000000000000167. The Kier molecular flexibility index (Phi) is 4.04. The number of rotatable bonds is 2. The van der Waals surface area contributed by atoms with Crippen LogP contribution in [-0.4, -0.2) is 0 Å². The molecule has 1 unspecified atom stereocenters. The molecule has 0 spiro atoms. The lowest BCUT2D eigenvalue weighted by Crippen LogP contribution is -2.00. The van der Waals surface area contributed by atoms with Crippen molar-refractivity contribution in [2.45, 2.75) is 9.79 Å². The maximum Gasteiger partial charge on any atom is 0.198 e. The van der Waals surface area contributed by atoms with E-state index in [4.69, 9.17) is 0 Å². The summed E-state index contributed by atoms with van der Waals surface area (Å²) in [5.41, 5.74) is 0. The Morgan fingerprint density at radius 3 is 1.57 bits per heavy atom. The quantitative estimate of drug-likeness (QED) is 0.341. The molecule has 0 aliphatic carbocycles. The van der Waals surface area contributed by atoms with E-state index in [1.54, 1.807) is 0 Å². The summed E-state index contributed by atoms with van der Waals surface area (Å²) in [6.07, 6.45) is 0. The molecule has 0 radical (unpaired) electrons. The van der Waals surface area contributed by atoms with Crippen molar-refractivity contribution < 1.29 is 21.4 Å². The van der Waals surface area contributed by atoms with Crippen LogP contribution in [0.4, 0.5) is 21.4 Å². The summed E-state index contributed by atoms with van der Waals surface area (Å²) in [5.74, 6) is -7.26. The van der Waals surface area contributed by atoms with Crippen molar-refractivity contribution in [1.82, 2.24) is 0 Å². The second-order valence-electron chi connectivity index (χ2n) is 2.11. The maximum absolute atomic E-state index is 12.9. The Morgan fingerprint density at radius 1 is 0.786 bits per heavy atom. The summed E-state index contributed by atoms with van der Waals surface area (Å²) in [5, 5.41) is 0. The van der Waals surface area contributed by atoms with Crippen molar-refractivity contribution >= 4 is 32.0 Å². The molecule has 0 fully saturated rings. The molecule has 0 amide bonds. The molecule has 0 N–H and O–H groups in total. The van der Waals surface area contributed by atoms with E-state index >= 15 is 0 Å². The first kappa shape index (κ1) is 12.1. The van der Waals surface area contributed by atoms with Gasteiger partial charge >= 0.3 is 0 Å². The Morgan fingerprint density at radius 2 is 1.21 bits per heavy atom. The van der Waals surface area contributed by atoms with Crippen LogP contribution in [0.3, 0.4) is 0 Å². The first-order valence-electron chi connectivity index (χ1n) is 3.05. The van der Waals surface area contributed by atoms with Crippen LogP contribution in [-0.2, 0) is 0 Å². The number of halogens is 5. The highest BCUT2D eigenvalue weighted by molar-refractivity contribution is 8.43. The molecule has 1 rings (SSSR count). The highest BCUT2D eigenvalue weighted by atomic mass is 32.7. The molecule has 0 nitrogen and oxygen atoms in total. The molecule has 8 heteroatoms. The summed E-state index contributed by atoms with van der Waals surface area (Å²) in [6, 6.07) is 0. The SMILES string of the molecule is FSc1c(F)c(F)c(F)c(F)c1SP. The smallest absolute Gasteiger partial charge is 0.198 e. The number of hydrogen-bond acceptors (Lipinski definition) is 2. The lowest BCUT2D eigenvalue weighted by molar-refractivity contribution is 0.384. The van der Waals surface area contributed by atoms with Crippen molar-refractivity contribution in [3.05, 3.63) is 23.3 Å². The zero-order valence-corrected chi connectivity index (χ0v) is 9.07. The van der Waals surface area contributed by atoms with Gasteiger partial charge in [-0.2, -0.15) is 3.89 Å². The molecule has 0 aliphatic rings. The van der Waals surface area contributed by atoms with Crippen LogP contribution < -0.4 is 0 Å². The van der Waals surface area contributed by atoms with E-state index in [0.717, 1.165) is 0 Å². The summed E-state index contributed by atoms with van der Waals surface area (Å²) in [7, 11) is 1.89. The van der Waals surface area contributed by atoms with Crippen molar-refractivity contribution in [2.24, 2.45) is 0 Å². The highest BCUT2D eigenvalue weighted by Gasteiger charge is 2.25. The lowest BCUT2D eigenvalue weighted by Gasteiger charge is -2.06. The third-order valence-corrected chi connectivity index (χ3v) is 3.37. The summed E-state index contributed by atoms with van der Waals surface area (Å²) in [4.78, 5) is -1.50. The van der Waals surface area contributed by atoms with Gasteiger partial charge in [-0.25, -0.2) is 17.6 Å². The van der Waals surface area contributed by atoms with Crippen LogP contribution in [0.15, 0.2) is 9.79 Å². The molecule has 0 saturated heterocycles. The van der Waals surface area contributed by atoms with Crippen LogP contribution in [0, 0.1) is 23.3 Å². The Bertz CT molecular complexity index is 335. The fourth-order valence-corrected chi connectivity index (χ4v) is 2.63. The zero-order valence-electron chi connectivity index (χ0n) is 6.28. The third-order valence-electron chi connectivity index (χ3n) is 1.38. The predicted octanol–water partition coefficient (Wildman–Crippen LogP) is 4.10. The minimum absolute atomic E-state index is 0.518. The maximum atomic E-state index is 12.9. The van der Waals surface area contributed by atoms with Crippen molar-refractivity contribution in [3.8, 4) is 0 Å². The second-order valence-corrected chi connectivity index (χ2v) is 4.02. The zero-order chi connectivity index (χ0) is 10.9. The average Bonchev–Trinajstić information content (AvgIpc) is 2.20. The van der Waals surface area contributed by atoms with Crippen LogP contribution in [0.2, 0.25) is 0 Å². The molecule has 1 atom stereocenters.